The van der Waals surface area contributed by atoms with Crippen molar-refractivity contribution < 1.29 is 14.3 Å². The zero-order chi connectivity index (χ0) is 21.0. The summed E-state index contributed by atoms with van der Waals surface area (Å²) in [7, 11) is 1.66. The predicted octanol–water partition coefficient (Wildman–Crippen LogP) is 3.31. The van der Waals surface area contributed by atoms with Gasteiger partial charge in [0.15, 0.2) is 5.60 Å². The van der Waals surface area contributed by atoms with E-state index in [0.29, 0.717) is 19.0 Å². The van der Waals surface area contributed by atoms with Crippen molar-refractivity contribution in [1.82, 2.24) is 20.1 Å². The molecule has 7 nitrogen and oxygen atoms in total. The molecule has 1 aromatic carbocycles. The molecule has 2 heterocycles. The fourth-order valence-electron chi connectivity index (χ4n) is 3.04. The van der Waals surface area contributed by atoms with Crippen LogP contribution in [0.2, 0.25) is 0 Å². The van der Waals surface area contributed by atoms with E-state index < -0.39 is 5.60 Å². The first-order valence-corrected chi connectivity index (χ1v) is 9.67. The molecule has 0 aliphatic carbocycles. The Balaban J connectivity index is 2.00. The molecule has 154 valence electrons. The van der Waals surface area contributed by atoms with Gasteiger partial charge in [0, 0.05) is 25.5 Å². The molecule has 0 spiro atoms. The van der Waals surface area contributed by atoms with Crippen LogP contribution in [0.3, 0.4) is 0 Å². The summed E-state index contributed by atoms with van der Waals surface area (Å²) in [6.07, 6.45) is 3.56. The number of hydrogen-bond acceptors (Lipinski definition) is 5. The maximum absolute atomic E-state index is 12.6. The normalized spacial score (nSPS) is 11.8. The standard InChI is InChI=1S/C22H28N4O3/c1-15(2)24-21(27)22(3,4)29-20-18-11-16(14-28-5)8-9-19(18)26(25-20)13-17-7-6-10-23-12-17/h6-12,15H,13-14H2,1-5H3,(H,24,27). The Kier molecular flexibility index (Phi) is 6.17. The Labute approximate surface area is 171 Å². The van der Waals surface area contributed by atoms with Gasteiger partial charge in [-0.25, -0.2) is 0 Å². The van der Waals surface area contributed by atoms with Crippen molar-refractivity contribution in [2.24, 2.45) is 0 Å². The van der Waals surface area contributed by atoms with Gasteiger partial charge >= 0.3 is 0 Å². The summed E-state index contributed by atoms with van der Waals surface area (Å²) in [4.78, 5) is 16.8. The summed E-state index contributed by atoms with van der Waals surface area (Å²) in [6, 6.07) is 9.93. The molecular weight excluding hydrogens is 368 g/mol. The van der Waals surface area contributed by atoms with E-state index in [0.717, 1.165) is 22.0 Å². The summed E-state index contributed by atoms with van der Waals surface area (Å²) < 4.78 is 13.3. The lowest BCUT2D eigenvalue weighted by Crippen LogP contribution is -2.48. The number of carbonyl (C=O) groups excluding carboxylic acids is 1. The molecule has 2 aromatic heterocycles. The van der Waals surface area contributed by atoms with Crippen LogP contribution in [0.25, 0.3) is 10.9 Å². The van der Waals surface area contributed by atoms with E-state index >= 15 is 0 Å². The van der Waals surface area contributed by atoms with Crippen molar-refractivity contribution in [3.8, 4) is 5.88 Å². The molecule has 7 heteroatoms. The fourth-order valence-corrected chi connectivity index (χ4v) is 3.04. The van der Waals surface area contributed by atoms with Gasteiger partial charge in [0.25, 0.3) is 5.91 Å². The number of ether oxygens (including phenoxy) is 2. The maximum atomic E-state index is 12.6. The molecule has 3 rings (SSSR count). The SMILES string of the molecule is COCc1ccc2c(c1)c(OC(C)(C)C(=O)NC(C)C)nn2Cc1cccnc1. The lowest BCUT2D eigenvalue weighted by atomic mass is 10.1. The van der Waals surface area contributed by atoms with Crippen molar-refractivity contribution in [3.63, 3.8) is 0 Å². The molecule has 0 atom stereocenters. The number of pyridine rings is 1. The molecule has 0 saturated heterocycles. The number of benzene rings is 1. The third kappa shape index (κ3) is 4.92. The van der Waals surface area contributed by atoms with Crippen LogP contribution in [0.4, 0.5) is 0 Å². The number of carbonyl (C=O) groups is 1. The summed E-state index contributed by atoms with van der Waals surface area (Å²) in [5.74, 6) is 0.237. The second-order valence-electron chi connectivity index (χ2n) is 7.85. The van der Waals surface area contributed by atoms with Gasteiger partial charge in [0.1, 0.15) is 0 Å². The molecule has 0 aliphatic rings. The number of hydrogen-bond donors (Lipinski definition) is 1. The fraction of sp³-hybridized carbons (Fsp3) is 0.409. The van der Waals surface area contributed by atoms with Crippen molar-refractivity contribution in [1.29, 1.82) is 0 Å². The summed E-state index contributed by atoms with van der Waals surface area (Å²) in [5.41, 5.74) is 1.89. The van der Waals surface area contributed by atoms with Crippen LogP contribution in [0.15, 0.2) is 42.7 Å². The van der Waals surface area contributed by atoms with Gasteiger partial charge in [-0.05, 0) is 57.0 Å². The minimum atomic E-state index is -1.07. The first-order valence-electron chi connectivity index (χ1n) is 9.67. The number of amides is 1. The van der Waals surface area contributed by atoms with Gasteiger partial charge in [0.2, 0.25) is 5.88 Å². The molecule has 1 N–H and O–H groups in total. The number of fused-ring (bicyclic) bond motifs is 1. The molecule has 0 saturated carbocycles. The lowest BCUT2D eigenvalue weighted by molar-refractivity contribution is -0.134. The van der Waals surface area contributed by atoms with Crippen molar-refractivity contribution >= 4 is 16.8 Å². The van der Waals surface area contributed by atoms with Crippen LogP contribution in [0.5, 0.6) is 5.88 Å². The smallest absolute Gasteiger partial charge is 0.263 e. The molecule has 0 unspecified atom stereocenters. The van der Waals surface area contributed by atoms with E-state index in [2.05, 4.69) is 15.4 Å². The quantitative estimate of drug-likeness (QED) is 0.632. The van der Waals surface area contributed by atoms with Crippen LogP contribution in [0.1, 0.15) is 38.8 Å². The highest BCUT2D eigenvalue weighted by Gasteiger charge is 2.32. The zero-order valence-electron chi connectivity index (χ0n) is 17.6. The Bertz CT molecular complexity index is 980. The monoisotopic (exact) mass is 396 g/mol. The van der Waals surface area contributed by atoms with Crippen LogP contribution in [0, 0.1) is 0 Å². The average molecular weight is 396 g/mol. The van der Waals surface area contributed by atoms with Crippen LogP contribution in [-0.2, 0) is 22.7 Å². The van der Waals surface area contributed by atoms with E-state index in [9.17, 15) is 4.79 Å². The predicted molar refractivity (Wildman–Crippen MR) is 112 cm³/mol. The highest BCUT2D eigenvalue weighted by atomic mass is 16.5. The van der Waals surface area contributed by atoms with Crippen molar-refractivity contribution in [3.05, 3.63) is 53.9 Å². The third-order valence-electron chi connectivity index (χ3n) is 4.47. The highest BCUT2D eigenvalue weighted by Crippen LogP contribution is 2.30. The minimum Gasteiger partial charge on any atom is -0.460 e. The van der Waals surface area contributed by atoms with Crippen LogP contribution >= 0.6 is 0 Å². The average Bonchev–Trinajstić information content (AvgIpc) is 2.98. The zero-order valence-corrected chi connectivity index (χ0v) is 17.6. The molecule has 3 aromatic rings. The molecule has 0 aliphatic heterocycles. The summed E-state index contributed by atoms with van der Waals surface area (Å²) in [5, 5.41) is 8.42. The minimum absolute atomic E-state index is 0.0264. The van der Waals surface area contributed by atoms with Gasteiger partial charge in [-0.1, -0.05) is 12.1 Å². The van der Waals surface area contributed by atoms with Crippen molar-refractivity contribution in [2.45, 2.75) is 52.5 Å². The van der Waals surface area contributed by atoms with Gasteiger partial charge < -0.3 is 14.8 Å². The van der Waals surface area contributed by atoms with Gasteiger partial charge in [-0.2, -0.15) is 0 Å². The Morgan fingerprint density at radius 2 is 2.03 bits per heavy atom. The van der Waals surface area contributed by atoms with Gasteiger partial charge in [-0.3, -0.25) is 14.5 Å². The number of rotatable bonds is 8. The van der Waals surface area contributed by atoms with Crippen molar-refractivity contribution in [2.75, 3.05) is 7.11 Å². The summed E-state index contributed by atoms with van der Waals surface area (Å²) in [6.45, 7) is 8.37. The van der Waals surface area contributed by atoms with E-state index in [1.807, 2.05) is 55.1 Å². The molecular formula is C22H28N4O3. The number of nitrogens with zero attached hydrogens (tertiary/aromatic N) is 3. The highest BCUT2D eigenvalue weighted by molar-refractivity contribution is 5.88. The Morgan fingerprint density at radius 3 is 2.69 bits per heavy atom. The molecule has 29 heavy (non-hydrogen) atoms. The van der Waals surface area contributed by atoms with Gasteiger partial charge in [-0.15, -0.1) is 5.10 Å². The number of nitrogens with one attached hydrogen (secondary N) is 1. The van der Waals surface area contributed by atoms with E-state index in [1.54, 1.807) is 27.2 Å². The molecule has 0 fully saturated rings. The number of aromatic nitrogens is 3. The molecule has 0 bridgehead atoms. The Morgan fingerprint density at radius 1 is 1.24 bits per heavy atom. The topological polar surface area (TPSA) is 78.3 Å². The molecule has 1 amide bonds. The van der Waals surface area contributed by atoms with E-state index in [1.165, 1.54) is 0 Å². The van der Waals surface area contributed by atoms with E-state index in [4.69, 9.17) is 9.47 Å². The van der Waals surface area contributed by atoms with Crippen LogP contribution in [-0.4, -0.2) is 39.4 Å². The lowest BCUT2D eigenvalue weighted by Gasteiger charge is -2.25. The van der Waals surface area contributed by atoms with Gasteiger partial charge in [0.05, 0.1) is 24.1 Å². The first-order chi connectivity index (χ1) is 13.8. The second kappa shape index (κ2) is 8.61. The second-order valence-corrected chi connectivity index (χ2v) is 7.85. The molecule has 0 radical (unpaired) electrons. The largest absolute Gasteiger partial charge is 0.460 e. The maximum Gasteiger partial charge on any atom is 0.263 e. The number of methoxy groups -OCH3 is 1. The summed E-state index contributed by atoms with van der Waals surface area (Å²) >= 11 is 0. The van der Waals surface area contributed by atoms with E-state index in [-0.39, 0.29) is 11.9 Å². The first kappa shape index (κ1) is 20.8. The Hall–Kier alpha value is -2.93. The van der Waals surface area contributed by atoms with Crippen LogP contribution < -0.4 is 10.1 Å². The third-order valence-corrected chi connectivity index (χ3v) is 4.47.